The smallest absolute Gasteiger partial charge is 0.137 e. The van der Waals surface area contributed by atoms with Crippen molar-refractivity contribution in [1.29, 1.82) is 0 Å². The van der Waals surface area contributed by atoms with Crippen molar-refractivity contribution in [3.05, 3.63) is 21.6 Å². The maximum atomic E-state index is 12.5. The monoisotopic (exact) mass is 144 g/mol. The molecule has 0 atom stereocenters. The molecule has 0 bridgehead atoms. The fourth-order valence-corrected chi connectivity index (χ4v) is 1.55. The molecule has 50 valence electrons. The van der Waals surface area contributed by atoms with Gasteiger partial charge in [0, 0.05) is 9.75 Å². The lowest BCUT2D eigenvalue weighted by molar-refractivity contribution is 0.624. The van der Waals surface area contributed by atoms with Crippen LogP contribution in [0, 0.1) is 12.7 Å². The van der Waals surface area contributed by atoms with E-state index in [4.69, 9.17) is 0 Å². The summed E-state index contributed by atoms with van der Waals surface area (Å²) in [5, 5.41) is 0. The molecule has 0 unspecified atom stereocenters. The summed E-state index contributed by atoms with van der Waals surface area (Å²) >= 11 is 1.54. The minimum absolute atomic E-state index is 0.0585. The first-order chi connectivity index (χ1) is 4.24. The molecule has 0 spiro atoms. The van der Waals surface area contributed by atoms with Crippen molar-refractivity contribution in [2.75, 3.05) is 0 Å². The summed E-state index contributed by atoms with van der Waals surface area (Å²) in [4.78, 5) is 1.93. The predicted octanol–water partition coefficient (Wildman–Crippen LogP) is 2.76. The van der Waals surface area contributed by atoms with Gasteiger partial charge in [-0.1, -0.05) is 6.92 Å². The van der Waals surface area contributed by atoms with Gasteiger partial charge in [-0.15, -0.1) is 11.3 Å². The van der Waals surface area contributed by atoms with E-state index in [2.05, 4.69) is 0 Å². The minimum atomic E-state index is -0.0585. The molecule has 0 saturated carbocycles. The van der Waals surface area contributed by atoms with Gasteiger partial charge in [0.05, 0.1) is 0 Å². The molecule has 0 fully saturated rings. The molecule has 0 saturated heterocycles. The van der Waals surface area contributed by atoms with E-state index < -0.39 is 0 Å². The number of rotatable bonds is 1. The third-order valence-electron chi connectivity index (χ3n) is 1.26. The van der Waals surface area contributed by atoms with Gasteiger partial charge in [0.1, 0.15) is 5.82 Å². The van der Waals surface area contributed by atoms with E-state index >= 15 is 0 Å². The molecule has 9 heavy (non-hydrogen) atoms. The Kier molecular flexibility index (Phi) is 1.86. The second-order valence-electron chi connectivity index (χ2n) is 1.97. The van der Waals surface area contributed by atoms with Crippen molar-refractivity contribution in [2.24, 2.45) is 0 Å². The van der Waals surface area contributed by atoms with E-state index in [0.717, 1.165) is 16.2 Å². The Morgan fingerprint density at radius 2 is 2.33 bits per heavy atom. The average molecular weight is 144 g/mol. The zero-order valence-corrected chi connectivity index (χ0v) is 6.39. The zero-order valence-electron chi connectivity index (χ0n) is 5.57. The van der Waals surface area contributed by atoms with Gasteiger partial charge < -0.3 is 0 Å². The molecule has 0 radical (unpaired) electrons. The molecule has 2 heteroatoms. The van der Waals surface area contributed by atoms with Gasteiger partial charge in [-0.3, -0.25) is 0 Å². The Labute approximate surface area is 58.3 Å². The Morgan fingerprint density at radius 1 is 1.67 bits per heavy atom. The third kappa shape index (κ3) is 1.30. The summed E-state index contributed by atoms with van der Waals surface area (Å²) in [6.07, 6.45) is 0.940. The third-order valence-corrected chi connectivity index (χ3v) is 2.43. The highest BCUT2D eigenvalue weighted by Crippen LogP contribution is 2.19. The topological polar surface area (TPSA) is 0 Å². The fourth-order valence-electron chi connectivity index (χ4n) is 0.692. The van der Waals surface area contributed by atoms with Crippen LogP contribution in [0.2, 0.25) is 0 Å². The molecular weight excluding hydrogens is 135 g/mol. The summed E-state index contributed by atoms with van der Waals surface area (Å²) in [7, 11) is 0. The fraction of sp³-hybridized carbons (Fsp3) is 0.429. The van der Waals surface area contributed by atoms with Crippen LogP contribution in [0.25, 0.3) is 0 Å². The Bertz CT molecular complexity index is 183. The highest BCUT2D eigenvalue weighted by Gasteiger charge is 2.00. The highest BCUT2D eigenvalue weighted by atomic mass is 32.1. The second-order valence-corrected chi connectivity index (χ2v) is 3.31. The van der Waals surface area contributed by atoms with Crippen molar-refractivity contribution < 1.29 is 4.39 Å². The lowest BCUT2D eigenvalue weighted by Crippen LogP contribution is -1.67. The Morgan fingerprint density at radius 3 is 2.56 bits per heavy atom. The van der Waals surface area contributed by atoms with E-state index in [1.54, 1.807) is 13.0 Å². The summed E-state index contributed by atoms with van der Waals surface area (Å²) in [6.45, 7) is 3.84. The molecule has 0 aromatic carbocycles. The molecule has 0 aliphatic heterocycles. The normalized spacial score (nSPS) is 10.1. The molecule has 0 amide bonds. The predicted molar refractivity (Wildman–Crippen MR) is 38.4 cm³/mol. The van der Waals surface area contributed by atoms with Gasteiger partial charge >= 0.3 is 0 Å². The number of thiophene rings is 1. The molecule has 0 aliphatic carbocycles. The molecule has 1 heterocycles. The van der Waals surface area contributed by atoms with Crippen molar-refractivity contribution in [3.63, 3.8) is 0 Å². The van der Waals surface area contributed by atoms with Crippen LogP contribution in [-0.2, 0) is 6.42 Å². The summed E-state index contributed by atoms with van der Waals surface area (Å²) in [5.74, 6) is -0.0585. The Hall–Kier alpha value is -0.370. The molecule has 1 rings (SSSR count). The quantitative estimate of drug-likeness (QED) is 0.568. The lowest BCUT2D eigenvalue weighted by atomic mass is 10.4. The molecule has 0 nitrogen and oxygen atoms in total. The largest absolute Gasteiger partial charge is 0.206 e. The number of halogens is 1. The van der Waals surface area contributed by atoms with Crippen LogP contribution in [0.5, 0.6) is 0 Å². The molecule has 1 aromatic heterocycles. The maximum Gasteiger partial charge on any atom is 0.137 e. The van der Waals surface area contributed by atoms with Gasteiger partial charge in [-0.2, -0.15) is 0 Å². The first-order valence-electron chi connectivity index (χ1n) is 2.99. The van der Waals surface area contributed by atoms with Crippen LogP contribution in [0.1, 0.15) is 16.7 Å². The first-order valence-corrected chi connectivity index (χ1v) is 3.80. The molecule has 0 aliphatic rings. The SMILES string of the molecule is CCc1cc(F)c(C)s1. The highest BCUT2D eigenvalue weighted by molar-refractivity contribution is 7.11. The minimum Gasteiger partial charge on any atom is -0.206 e. The van der Waals surface area contributed by atoms with Gasteiger partial charge in [-0.25, -0.2) is 4.39 Å². The maximum absolute atomic E-state index is 12.5. The number of hydrogen-bond acceptors (Lipinski definition) is 1. The number of aryl methyl sites for hydroxylation is 2. The molecule has 1 aromatic rings. The molecule has 0 N–H and O–H groups in total. The standard InChI is InChI=1S/C7H9FS/c1-3-6-4-7(8)5(2)9-6/h4H,3H2,1-2H3. The number of hydrogen-bond donors (Lipinski definition) is 0. The summed E-state index contributed by atoms with van der Waals surface area (Å²) in [5.41, 5.74) is 0. The van der Waals surface area contributed by atoms with Crippen molar-refractivity contribution in [3.8, 4) is 0 Å². The van der Waals surface area contributed by atoms with E-state index in [-0.39, 0.29) is 5.82 Å². The van der Waals surface area contributed by atoms with Crippen LogP contribution in [0.15, 0.2) is 6.07 Å². The van der Waals surface area contributed by atoms with E-state index in [1.807, 2.05) is 6.92 Å². The zero-order chi connectivity index (χ0) is 6.85. The van der Waals surface area contributed by atoms with E-state index in [1.165, 1.54) is 11.3 Å². The van der Waals surface area contributed by atoms with Crippen LogP contribution >= 0.6 is 11.3 Å². The summed E-state index contributed by atoms with van der Waals surface area (Å²) < 4.78 is 12.5. The van der Waals surface area contributed by atoms with Crippen LogP contribution in [-0.4, -0.2) is 0 Å². The Balaban J connectivity index is 2.98. The van der Waals surface area contributed by atoms with Crippen LogP contribution in [0.3, 0.4) is 0 Å². The average Bonchev–Trinajstić information content (AvgIpc) is 2.13. The van der Waals surface area contributed by atoms with Crippen molar-refractivity contribution >= 4 is 11.3 Å². The molecular formula is C7H9FS. The van der Waals surface area contributed by atoms with Gasteiger partial charge in [0.15, 0.2) is 0 Å². The van der Waals surface area contributed by atoms with E-state index in [0.29, 0.717) is 0 Å². The summed E-state index contributed by atoms with van der Waals surface area (Å²) in [6, 6.07) is 1.61. The second kappa shape index (κ2) is 2.48. The van der Waals surface area contributed by atoms with Crippen LogP contribution < -0.4 is 0 Å². The van der Waals surface area contributed by atoms with Crippen molar-refractivity contribution in [2.45, 2.75) is 20.3 Å². The van der Waals surface area contributed by atoms with Crippen LogP contribution in [0.4, 0.5) is 4.39 Å². The van der Waals surface area contributed by atoms with E-state index in [9.17, 15) is 4.39 Å². The van der Waals surface area contributed by atoms with Gasteiger partial charge in [-0.05, 0) is 19.4 Å². The first kappa shape index (κ1) is 6.75. The lowest BCUT2D eigenvalue weighted by Gasteiger charge is -1.79. The van der Waals surface area contributed by atoms with Gasteiger partial charge in [0.25, 0.3) is 0 Å². The van der Waals surface area contributed by atoms with Crippen molar-refractivity contribution in [1.82, 2.24) is 0 Å². The van der Waals surface area contributed by atoms with Gasteiger partial charge in [0.2, 0.25) is 0 Å².